The second kappa shape index (κ2) is 1.60. The van der Waals surface area contributed by atoms with Gasteiger partial charge in [-0.2, -0.15) is 0 Å². The number of halogens is 1. The fourth-order valence-electron chi connectivity index (χ4n) is 0.679. The molecule has 0 aromatic rings. The minimum atomic E-state index is -0.431. The third kappa shape index (κ3) is 0.787. The minimum absolute atomic E-state index is 0.292. The molecule has 0 atom stereocenters. The van der Waals surface area contributed by atoms with Gasteiger partial charge in [0.15, 0.2) is 5.78 Å². The molecule has 0 bridgehead atoms. The first-order valence-corrected chi connectivity index (χ1v) is 2.35. The average Bonchev–Trinajstić information content (AvgIpc) is 1.91. The molecule has 0 saturated heterocycles. The topological polar surface area (TPSA) is 17.1 Å². The summed E-state index contributed by atoms with van der Waals surface area (Å²) >= 11 is 0. The summed E-state index contributed by atoms with van der Waals surface area (Å²) in [5, 5.41) is 0. The van der Waals surface area contributed by atoms with Crippen LogP contribution in [0.15, 0.2) is 0 Å². The summed E-state index contributed by atoms with van der Waals surface area (Å²) in [5.41, 5.74) is 0. The van der Waals surface area contributed by atoms with Crippen LogP contribution in [0.1, 0.15) is 19.3 Å². The summed E-state index contributed by atoms with van der Waals surface area (Å²) in [6.07, 6.45) is 1.08. The Bertz CT molecular complexity index is 90.1. The summed E-state index contributed by atoms with van der Waals surface area (Å²) < 4.78 is 11.9. The van der Waals surface area contributed by atoms with Crippen LogP contribution < -0.4 is 0 Å². The maximum absolute atomic E-state index is 11.9. The highest BCUT2D eigenvalue weighted by Crippen LogP contribution is 2.23. The van der Waals surface area contributed by atoms with Gasteiger partial charge in [0.25, 0.3) is 0 Å². The Hall–Kier alpha value is -0.400. The van der Waals surface area contributed by atoms with Gasteiger partial charge in [-0.3, -0.25) is 4.79 Å². The number of Topliss-reactive ketones (excluding diaryl/α,β-unsaturated/α-hetero) is 1. The van der Waals surface area contributed by atoms with Gasteiger partial charge in [0.1, 0.15) is 0 Å². The molecule has 1 radical (unpaired) electrons. The van der Waals surface area contributed by atoms with Crippen LogP contribution >= 0.6 is 0 Å². The van der Waals surface area contributed by atoms with Crippen LogP contribution in [0.2, 0.25) is 0 Å². The van der Waals surface area contributed by atoms with Gasteiger partial charge >= 0.3 is 0 Å². The molecule has 0 unspecified atom stereocenters. The second-order valence-corrected chi connectivity index (χ2v) is 1.68. The zero-order valence-corrected chi connectivity index (χ0v) is 3.91. The zero-order chi connectivity index (χ0) is 5.28. The Morgan fingerprint density at radius 3 is 2.29 bits per heavy atom. The van der Waals surface area contributed by atoms with Crippen molar-refractivity contribution in [3.05, 3.63) is 6.17 Å². The molecule has 1 aliphatic carbocycles. The summed E-state index contributed by atoms with van der Waals surface area (Å²) in [4.78, 5) is 10.2. The Morgan fingerprint density at radius 2 is 2.14 bits per heavy atom. The molecule has 0 aromatic heterocycles. The van der Waals surface area contributed by atoms with E-state index in [2.05, 4.69) is 0 Å². The highest BCUT2D eigenvalue weighted by molar-refractivity contribution is 5.91. The van der Waals surface area contributed by atoms with E-state index in [1.54, 1.807) is 0 Å². The van der Waals surface area contributed by atoms with Crippen LogP contribution in [0, 0.1) is 6.17 Å². The lowest BCUT2D eigenvalue weighted by molar-refractivity contribution is -0.117. The van der Waals surface area contributed by atoms with Crippen LogP contribution in [-0.2, 0) is 4.79 Å². The van der Waals surface area contributed by atoms with Crippen molar-refractivity contribution in [2.24, 2.45) is 0 Å². The first-order valence-electron chi connectivity index (χ1n) is 2.35. The molecule has 0 aliphatic heterocycles. The van der Waals surface area contributed by atoms with E-state index in [1.165, 1.54) is 0 Å². The molecule has 1 saturated carbocycles. The van der Waals surface area contributed by atoms with Crippen molar-refractivity contribution in [1.82, 2.24) is 0 Å². The monoisotopic (exact) mass is 101 g/mol. The Labute approximate surface area is 41.5 Å². The summed E-state index contributed by atoms with van der Waals surface area (Å²) in [6, 6.07) is 0. The van der Waals surface area contributed by atoms with E-state index < -0.39 is 6.17 Å². The van der Waals surface area contributed by atoms with Crippen molar-refractivity contribution in [1.29, 1.82) is 0 Å². The number of carbonyl (C=O) groups is 1. The molecule has 39 valence electrons. The van der Waals surface area contributed by atoms with Gasteiger partial charge in [0.05, 0.1) is 0 Å². The lowest BCUT2D eigenvalue weighted by Crippen LogP contribution is -1.94. The predicted octanol–water partition coefficient (Wildman–Crippen LogP) is 1.24. The fraction of sp³-hybridized carbons (Fsp3) is 0.600. The first kappa shape index (κ1) is 4.75. The van der Waals surface area contributed by atoms with Crippen LogP contribution in [0.3, 0.4) is 0 Å². The molecule has 0 N–H and O–H groups in total. The van der Waals surface area contributed by atoms with Crippen molar-refractivity contribution in [3.63, 3.8) is 0 Å². The molecule has 7 heavy (non-hydrogen) atoms. The van der Waals surface area contributed by atoms with Gasteiger partial charge in [-0.25, -0.2) is 4.39 Å². The van der Waals surface area contributed by atoms with E-state index in [1.807, 2.05) is 0 Å². The number of hydrogen-bond donors (Lipinski definition) is 0. The highest BCUT2D eigenvalue weighted by atomic mass is 19.1. The van der Waals surface area contributed by atoms with Crippen molar-refractivity contribution < 1.29 is 9.18 Å². The molecule has 1 aliphatic rings. The minimum Gasteiger partial charge on any atom is -0.296 e. The molecule has 0 aromatic carbocycles. The van der Waals surface area contributed by atoms with Crippen LogP contribution in [-0.4, -0.2) is 5.78 Å². The van der Waals surface area contributed by atoms with Gasteiger partial charge in [0, 0.05) is 6.42 Å². The van der Waals surface area contributed by atoms with E-state index in [0.717, 1.165) is 0 Å². The third-order valence-electron chi connectivity index (χ3n) is 1.10. The van der Waals surface area contributed by atoms with Crippen molar-refractivity contribution >= 4 is 5.78 Å². The molecule has 1 rings (SSSR count). The summed E-state index contributed by atoms with van der Waals surface area (Å²) in [6.45, 7) is 0. The van der Waals surface area contributed by atoms with Gasteiger partial charge < -0.3 is 0 Å². The second-order valence-electron chi connectivity index (χ2n) is 1.68. The Balaban J connectivity index is 2.48. The number of rotatable bonds is 0. The molecule has 0 amide bonds. The normalized spacial score (nSPS) is 23.9. The smallest absolute Gasteiger partial charge is 0.209 e. The van der Waals surface area contributed by atoms with E-state index in [4.69, 9.17) is 0 Å². The number of carbonyl (C=O) groups excluding carboxylic acids is 1. The zero-order valence-electron chi connectivity index (χ0n) is 3.91. The quantitative estimate of drug-likeness (QED) is 0.448. The van der Waals surface area contributed by atoms with E-state index in [-0.39, 0.29) is 5.78 Å². The van der Waals surface area contributed by atoms with Crippen molar-refractivity contribution in [2.45, 2.75) is 19.3 Å². The molecular weight excluding hydrogens is 95.1 g/mol. The molecule has 0 heterocycles. The van der Waals surface area contributed by atoms with Gasteiger partial charge in [0.2, 0.25) is 6.17 Å². The number of hydrogen-bond acceptors (Lipinski definition) is 1. The van der Waals surface area contributed by atoms with Crippen molar-refractivity contribution in [2.75, 3.05) is 0 Å². The lowest BCUT2D eigenvalue weighted by Gasteiger charge is -1.84. The van der Waals surface area contributed by atoms with E-state index in [9.17, 15) is 9.18 Å². The Morgan fingerprint density at radius 1 is 1.43 bits per heavy atom. The first-order chi connectivity index (χ1) is 3.30. The number of ketones is 1. The van der Waals surface area contributed by atoms with Crippen LogP contribution in [0.4, 0.5) is 4.39 Å². The van der Waals surface area contributed by atoms with E-state index >= 15 is 0 Å². The van der Waals surface area contributed by atoms with Gasteiger partial charge in [-0.1, -0.05) is 0 Å². The standard InChI is InChI=1S/C5H6FO/c6-4-2-1-3-5(4)7/h1-3H2. The molecule has 0 spiro atoms. The molecule has 2 heteroatoms. The van der Waals surface area contributed by atoms with Crippen LogP contribution in [0.25, 0.3) is 0 Å². The highest BCUT2D eigenvalue weighted by Gasteiger charge is 2.24. The van der Waals surface area contributed by atoms with Gasteiger partial charge in [-0.05, 0) is 12.8 Å². The summed E-state index contributed by atoms with van der Waals surface area (Å²) in [5.74, 6) is -0.292. The molecule has 1 fully saturated rings. The predicted molar refractivity (Wildman–Crippen MR) is 23.2 cm³/mol. The van der Waals surface area contributed by atoms with Crippen molar-refractivity contribution in [3.8, 4) is 0 Å². The van der Waals surface area contributed by atoms with E-state index in [0.29, 0.717) is 19.3 Å². The SMILES string of the molecule is O=C1CCC[C]1F. The third-order valence-corrected chi connectivity index (χ3v) is 1.10. The molecule has 1 nitrogen and oxygen atoms in total. The average molecular weight is 101 g/mol. The fourth-order valence-corrected chi connectivity index (χ4v) is 0.679. The van der Waals surface area contributed by atoms with Crippen LogP contribution in [0.5, 0.6) is 0 Å². The Kier molecular flexibility index (Phi) is 1.09. The maximum atomic E-state index is 11.9. The van der Waals surface area contributed by atoms with Gasteiger partial charge in [-0.15, -0.1) is 0 Å². The molecular formula is C5H6FO. The lowest BCUT2D eigenvalue weighted by atomic mass is 10.3. The summed E-state index contributed by atoms with van der Waals surface area (Å²) in [7, 11) is 0. The maximum Gasteiger partial charge on any atom is 0.209 e. The largest absolute Gasteiger partial charge is 0.296 e.